The average Bonchev–Trinajstić information content (AvgIpc) is 3.45. The number of benzene rings is 3. The molecule has 1 aromatic heterocycles. The van der Waals surface area contributed by atoms with E-state index in [0.29, 0.717) is 30.4 Å². The van der Waals surface area contributed by atoms with Gasteiger partial charge in [0.25, 0.3) is 5.91 Å². The summed E-state index contributed by atoms with van der Waals surface area (Å²) in [5.41, 5.74) is 3.34. The molecule has 1 aliphatic heterocycles. The molecule has 3 amide bonds. The summed E-state index contributed by atoms with van der Waals surface area (Å²) in [5, 5.41) is 2.88. The summed E-state index contributed by atoms with van der Waals surface area (Å²) in [5.74, 6) is 0.716. The van der Waals surface area contributed by atoms with E-state index in [4.69, 9.17) is 14.5 Å². The fourth-order valence-electron chi connectivity index (χ4n) is 4.65. The van der Waals surface area contributed by atoms with E-state index in [1.165, 1.54) is 4.90 Å². The second-order valence-corrected chi connectivity index (χ2v) is 10.2. The maximum absolute atomic E-state index is 13.8. The van der Waals surface area contributed by atoms with Gasteiger partial charge in [-0.15, -0.1) is 0 Å². The maximum atomic E-state index is 13.8. The van der Waals surface area contributed by atoms with Crippen molar-refractivity contribution in [3.63, 3.8) is 0 Å². The Labute approximate surface area is 228 Å². The van der Waals surface area contributed by atoms with Gasteiger partial charge in [-0.3, -0.25) is 9.69 Å². The summed E-state index contributed by atoms with van der Waals surface area (Å²) in [6.45, 7) is 2.92. The minimum absolute atomic E-state index is 0.203. The Kier molecular flexibility index (Phi) is 7.43. The van der Waals surface area contributed by atoms with Crippen molar-refractivity contribution in [2.75, 3.05) is 20.3 Å². The standard InChI is InChI=1S/C28H27IN4O4/c1-17(18-6-4-3-5-7-18)25(26-30-22-13-10-20(29)16-23(22)31-26)33-27(34)24(32-28(33)35)19-8-11-21(12-9-19)37-15-14-36-2/h3-13,16-17,24-25H,14-15H2,1-2H3,(H,30,31)(H,32,35)/t17-,24+,25-/m0/s1. The van der Waals surface area contributed by atoms with Crippen molar-refractivity contribution < 1.29 is 19.1 Å². The van der Waals surface area contributed by atoms with Gasteiger partial charge in [0.2, 0.25) is 0 Å². The van der Waals surface area contributed by atoms with E-state index in [-0.39, 0.29) is 11.8 Å². The highest BCUT2D eigenvalue weighted by atomic mass is 127. The smallest absolute Gasteiger partial charge is 0.325 e. The largest absolute Gasteiger partial charge is 0.491 e. The molecular weight excluding hydrogens is 583 g/mol. The second-order valence-electron chi connectivity index (χ2n) is 8.93. The van der Waals surface area contributed by atoms with Crippen LogP contribution < -0.4 is 10.1 Å². The predicted molar refractivity (Wildman–Crippen MR) is 148 cm³/mol. The number of fused-ring (bicyclic) bond motifs is 1. The quantitative estimate of drug-likeness (QED) is 0.152. The van der Waals surface area contributed by atoms with E-state index in [2.05, 4.69) is 32.9 Å². The van der Waals surface area contributed by atoms with Crippen LogP contribution >= 0.6 is 22.6 Å². The first-order valence-corrected chi connectivity index (χ1v) is 13.1. The molecule has 190 valence electrons. The molecule has 0 saturated carbocycles. The van der Waals surface area contributed by atoms with Crippen LogP contribution in [0.15, 0.2) is 72.8 Å². The fraction of sp³-hybridized carbons (Fsp3) is 0.250. The number of methoxy groups -OCH3 is 1. The number of amides is 3. The van der Waals surface area contributed by atoms with Gasteiger partial charge < -0.3 is 19.8 Å². The zero-order valence-corrected chi connectivity index (χ0v) is 22.6. The average molecular weight is 610 g/mol. The van der Waals surface area contributed by atoms with Crippen LogP contribution in [0.4, 0.5) is 4.79 Å². The summed E-state index contributed by atoms with van der Waals surface area (Å²) in [6.07, 6.45) is 0. The first-order chi connectivity index (χ1) is 18.0. The Morgan fingerprint density at radius 2 is 1.78 bits per heavy atom. The first kappa shape index (κ1) is 25.2. The topological polar surface area (TPSA) is 96.6 Å². The number of carbonyl (C=O) groups is 2. The molecule has 1 saturated heterocycles. The molecule has 2 N–H and O–H groups in total. The van der Waals surface area contributed by atoms with Gasteiger partial charge in [0.05, 0.1) is 17.6 Å². The number of hydrogen-bond donors (Lipinski definition) is 2. The van der Waals surface area contributed by atoms with Gasteiger partial charge in [-0.1, -0.05) is 49.4 Å². The molecule has 3 aromatic carbocycles. The third-order valence-corrected chi connectivity index (χ3v) is 7.23. The summed E-state index contributed by atoms with van der Waals surface area (Å²) >= 11 is 2.25. The number of urea groups is 1. The van der Waals surface area contributed by atoms with E-state index in [1.807, 2.05) is 55.5 Å². The number of carbonyl (C=O) groups excluding carboxylic acids is 2. The molecule has 0 bridgehead atoms. The van der Waals surface area contributed by atoms with Gasteiger partial charge in [-0.2, -0.15) is 0 Å². The van der Waals surface area contributed by atoms with Crippen molar-refractivity contribution in [3.8, 4) is 5.75 Å². The van der Waals surface area contributed by atoms with Crippen LogP contribution in [-0.4, -0.2) is 47.1 Å². The van der Waals surface area contributed by atoms with Crippen LogP contribution in [0.25, 0.3) is 11.0 Å². The van der Waals surface area contributed by atoms with Gasteiger partial charge in [0, 0.05) is 16.6 Å². The molecule has 8 nitrogen and oxygen atoms in total. The molecular formula is C28H27IN4O4. The van der Waals surface area contributed by atoms with E-state index < -0.39 is 18.1 Å². The number of nitrogens with zero attached hydrogens (tertiary/aromatic N) is 2. The minimum atomic E-state index is -0.795. The van der Waals surface area contributed by atoms with E-state index in [0.717, 1.165) is 20.2 Å². The number of aromatic amines is 1. The van der Waals surface area contributed by atoms with Crippen LogP contribution in [0.5, 0.6) is 5.75 Å². The zero-order valence-electron chi connectivity index (χ0n) is 20.5. The Morgan fingerprint density at radius 1 is 1.03 bits per heavy atom. The third kappa shape index (κ3) is 5.19. The SMILES string of the molecule is COCCOc1ccc([C@H]2NC(=O)N([C@H](c3nc4ccc(I)cc4[nH]3)[C@@H](C)c3ccccc3)C2=O)cc1. The van der Waals surface area contributed by atoms with Crippen LogP contribution in [0.2, 0.25) is 0 Å². The highest BCUT2D eigenvalue weighted by Crippen LogP contribution is 2.39. The molecule has 9 heteroatoms. The lowest BCUT2D eigenvalue weighted by Gasteiger charge is -2.29. The number of nitrogens with one attached hydrogen (secondary N) is 2. The van der Waals surface area contributed by atoms with Crippen molar-refractivity contribution in [2.45, 2.75) is 24.9 Å². The van der Waals surface area contributed by atoms with Crippen LogP contribution in [0.3, 0.4) is 0 Å². The Balaban J connectivity index is 1.48. The van der Waals surface area contributed by atoms with E-state index in [1.54, 1.807) is 31.4 Å². The lowest BCUT2D eigenvalue weighted by Crippen LogP contribution is -2.38. The zero-order chi connectivity index (χ0) is 25.9. The van der Waals surface area contributed by atoms with Gasteiger partial charge in [0.1, 0.15) is 30.3 Å². The predicted octanol–water partition coefficient (Wildman–Crippen LogP) is 5.33. The number of rotatable bonds is 9. The molecule has 1 fully saturated rings. The Hall–Kier alpha value is -3.44. The maximum Gasteiger partial charge on any atom is 0.325 e. The number of imidazole rings is 1. The molecule has 0 unspecified atom stereocenters. The number of halogens is 1. The molecule has 0 spiro atoms. The second kappa shape index (κ2) is 10.9. The molecule has 1 aliphatic rings. The van der Waals surface area contributed by atoms with Gasteiger partial charge >= 0.3 is 6.03 Å². The van der Waals surface area contributed by atoms with Crippen LogP contribution in [-0.2, 0) is 9.53 Å². The molecule has 0 aliphatic carbocycles. The van der Waals surface area contributed by atoms with Crippen LogP contribution in [0.1, 0.15) is 41.9 Å². The molecule has 2 heterocycles. The van der Waals surface area contributed by atoms with E-state index in [9.17, 15) is 9.59 Å². The molecule has 4 aromatic rings. The van der Waals surface area contributed by atoms with Crippen molar-refractivity contribution >= 4 is 45.6 Å². The Morgan fingerprint density at radius 3 is 2.51 bits per heavy atom. The normalized spacial score (nSPS) is 17.2. The third-order valence-electron chi connectivity index (χ3n) is 6.56. The van der Waals surface area contributed by atoms with Crippen molar-refractivity contribution in [1.29, 1.82) is 0 Å². The number of aromatic nitrogens is 2. The Bertz CT molecular complexity index is 1410. The van der Waals surface area contributed by atoms with Crippen molar-refractivity contribution in [3.05, 3.63) is 93.3 Å². The lowest BCUT2D eigenvalue weighted by atomic mass is 9.91. The molecule has 3 atom stereocenters. The number of ether oxygens (including phenoxy) is 2. The summed E-state index contributed by atoms with van der Waals surface area (Å²) in [7, 11) is 1.62. The molecule has 5 rings (SSSR count). The monoisotopic (exact) mass is 610 g/mol. The molecule has 37 heavy (non-hydrogen) atoms. The highest BCUT2D eigenvalue weighted by Gasteiger charge is 2.46. The highest BCUT2D eigenvalue weighted by molar-refractivity contribution is 14.1. The molecule has 0 radical (unpaired) electrons. The van der Waals surface area contributed by atoms with Crippen molar-refractivity contribution in [1.82, 2.24) is 20.2 Å². The fourth-order valence-corrected chi connectivity index (χ4v) is 5.14. The first-order valence-electron chi connectivity index (χ1n) is 12.0. The number of imide groups is 1. The lowest BCUT2D eigenvalue weighted by molar-refractivity contribution is -0.129. The van der Waals surface area contributed by atoms with Gasteiger partial charge in [-0.05, 0) is 64.0 Å². The summed E-state index contributed by atoms with van der Waals surface area (Å²) in [4.78, 5) is 36.6. The van der Waals surface area contributed by atoms with Gasteiger partial charge in [-0.25, -0.2) is 9.78 Å². The van der Waals surface area contributed by atoms with E-state index >= 15 is 0 Å². The number of H-pyrrole nitrogens is 1. The van der Waals surface area contributed by atoms with Gasteiger partial charge in [0.15, 0.2) is 0 Å². The van der Waals surface area contributed by atoms with Crippen LogP contribution in [0, 0.1) is 3.57 Å². The van der Waals surface area contributed by atoms with Crippen molar-refractivity contribution in [2.24, 2.45) is 0 Å². The summed E-state index contributed by atoms with van der Waals surface area (Å²) in [6, 6.07) is 21.1. The number of hydrogen-bond acceptors (Lipinski definition) is 5. The minimum Gasteiger partial charge on any atom is -0.491 e. The summed E-state index contributed by atoms with van der Waals surface area (Å²) < 4.78 is 11.7.